The summed E-state index contributed by atoms with van der Waals surface area (Å²) >= 11 is 6.23. The van der Waals surface area contributed by atoms with Gasteiger partial charge in [0.25, 0.3) is 5.91 Å². The monoisotopic (exact) mass is 624 g/mol. The molecule has 3 aromatic heterocycles. The molecule has 1 saturated carbocycles. The number of hydrogen-bond donors (Lipinski definition) is 1. The van der Waals surface area contributed by atoms with Gasteiger partial charge in [0.2, 0.25) is 5.91 Å². The number of ether oxygens (including phenoxy) is 1. The lowest BCUT2D eigenvalue weighted by Crippen LogP contribution is -2.37. The van der Waals surface area contributed by atoms with E-state index in [0.29, 0.717) is 30.6 Å². The number of nitrogens with one attached hydrogen (secondary N) is 1. The molecular formula is C30H31ClF2N8O3. The lowest BCUT2D eigenvalue weighted by Gasteiger charge is -2.31. The van der Waals surface area contributed by atoms with Gasteiger partial charge in [-0.1, -0.05) is 18.0 Å². The van der Waals surface area contributed by atoms with E-state index in [2.05, 4.69) is 25.4 Å². The van der Waals surface area contributed by atoms with Crippen LogP contribution in [0.3, 0.4) is 0 Å². The highest BCUT2D eigenvalue weighted by Crippen LogP contribution is 2.38. The molecule has 2 unspecified atom stereocenters. The average Bonchev–Trinajstić information content (AvgIpc) is 3.74. The predicted molar refractivity (Wildman–Crippen MR) is 158 cm³/mol. The zero-order chi connectivity index (χ0) is 30.4. The third-order valence-electron chi connectivity index (χ3n) is 8.90. The van der Waals surface area contributed by atoms with Gasteiger partial charge < -0.3 is 19.9 Å². The van der Waals surface area contributed by atoms with Gasteiger partial charge in [-0.2, -0.15) is 19.0 Å². The number of likely N-dealkylation sites (tertiary alicyclic amines) is 2. The largest absolute Gasteiger partial charge is 0.434 e. The standard InChI is InChI=1S/C30H31ClF2N8O3/c31-21-5-6-25(44-30(32)33)22(9-21)27-24(36-29(43)23-10-35-41-8-2-7-34-28(23)41)16-40(37-27)17-26(42)39-14-19-12-38(13-20(19)15-39)11-18-3-1-4-18/h2,5-10,16,18-20,30H,1,3-4,11-15,17H2,(H,36,43). The van der Waals surface area contributed by atoms with Crippen molar-refractivity contribution in [3.63, 3.8) is 0 Å². The quantitative estimate of drug-likeness (QED) is 0.296. The van der Waals surface area contributed by atoms with Crippen LogP contribution in [-0.4, -0.2) is 85.3 Å². The predicted octanol–water partition coefficient (Wildman–Crippen LogP) is 4.29. The smallest absolute Gasteiger partial charge is 0.387 e. The Morgan fingerprint density at radius 3 is 2.66 bits per heavy atom. The number of fused-ring (bicyclic) bond motifs is 2. The molecule has 7 rings (SSSR count). The minimum atomic E-state index is -3.10. The summed E-state index contributed by atoms with van der Waals surface area (Å²) in [6, 6.07) is 5.84. The molecule has 1 aliphatic carbocycles. The lowest BCUT2D eigenvalue weighted by atomic mass is 9.85. The van der Waals surface area contributed by atoms with E-state index < -0.39 is 12.5 Å². The number of amides is 2. The van der Waals surface area contributed by atoms with E-state index in [4.69, 9.17) is 16.3 Å². The van der Waals surface area contributed by atoms with Gasteiger partial charge in [0.15, 0.2) is 5.65 Å². The van der Waals surface area contributed by atoms with E-state index in [9.17, 15) is 18.4 Å². The fraction of sp³-hybridized carbons (Fsp3) is 0.433. The number of hydrogen-bond acceptors (Lipinski definition) is 7. The van der Waals surface area contributed by atoms with Gasteiger partial charge in [0.1, 0.15) is 23.6 Å². The number of aromatic nitrogens is 5. The molecule has 11 nitrogen and oxygen atoms in total. The van der Waals surface area contributed by atoms with Crippen LogP contribution < -0.4 is 10.1 Å². The SMILES string of the molecule is O=C(Nc1cn(CC(=O)N2CC3CN(CC4CCC4)CC3C2)nc1-c1cc(Cl)ccc1OC(F)F)c1cnn2cccnc12. The van der Waals surface area contributed by atoms with E-state index >= 15 is 0 Å². The van der Waals surface area contributed by atoms with Crippen molar-refractivity contribution in [2.45, 2.75) is 32.4 Å². The van der Waals surface area contributed by atoms with Crippen LogP contribution in [0, 0.1) is 17.8 Å². The first-order valence-corrected chi connectivity index (χ1v) is 15.1. The number of nitrogens with zero attached hydrogens (tertiary/aromatic N) is 7. The highest BCUT2D eigenvalue weighted by atomic mass is 35.5. The van der Waals surface area contributed by atoms with E-state index in [1.165, 1.54) is 59.1 Å². The van der Waals surface area contributed by atoms with Crippen LogP contribution in [0.1, 0.15) is 29.6 Å². The Morgan fingerprint density at radius 2 is 1.93 bits per heavy atom. The van der Waals surface area contributed by atoms with Crippen molar-refractivity contribution in [2.75, 3.05) is 38.0 Å². The van der Waals surface area contributed by atoms with E-state index in [-0.39, 0.29) is 45.7 Å². The highest BCUT2D eigenvalue weighted by Gasteiger charge is 2.42. The normalized spacial score (nSPS) is 20.3. The molecule has 0 spiro atoms. The van der Waals surface area contributed by atoms with Crippen molar-refractivity contribution in [1.82, 2.24) is 34.2 Å². The Balaban J connectivity index is 1.12. The minimum absolute atomic E-state index is 0.0853. The first-order valence-electron chi connectivity index (χ1n) is 14.7. The molecule has 3 fully saturated rings. The summed E-state index contributed by atoms with van der Waals surface area (Å²) in [6.45, 7) is 1.42. The van der Waals surface area contributed by atoms with Crippen molar-refractivity contribution in [1.29, 1.82) is 0 Å². The molecule has 5 heterocycles. The van der Waals surface area contributed by atoms with Crippen molar-refractivity contribution in [3.05, 3.63) is 59.6 Å². The van der Waals surface area contributed by atoms with Crippen molar-refractivity contribution in [3.8, 4) is 17.0 Å². The summed E-state index contributed by atoms with van der Waals surface area (Å²) in [5, 5.41) is 11.8. The number of benzene rings is 1. The van der Waals surface area contributed by atoms with Gasteiger partial charge in [-0.25, -0.2) is 9.50 Å². The first-order chi connectivity index (χ1) is 21.3. The molecule has 44 heavy (non-hydrogen) atoms. The number of anilines is 1. The summed E-state index contributed by atoms with van der Waals surface area (Å²) in [5.41, 5.74) is 0.984. The number of alkyl halides is 2. The molecule has 1 aromatic carbocycles. The zero-order valence-electron chi connectivity index (χ0n) is 23.8. The number of carbonyl (C=O) groups excluding carboxylic acids is 2. The maximum absolute atomic E-state index is 13.4. The second-order valence-corrected chi connectivity index (χ2v) is 12.3. The van der Waals surface area contributed by atoms with Gasteiger partial charge in [-0.15, -0.1) is 0 Å². The fourth-order valence-corrected chi connectivity index (χ4v) is 6.75. The molecule has 2 amide bonds. The molecule has 2 aliphatic heterocycles. The molecule has 1 N–H and O–H groups in total. The highest BCUT2D eigenvalue weighted by molar-refractivity contribution is 6.31. The van der Waals surface area contributed by atoms with Gasteiger partial charge in [0, 0.05) is 61.9 Å². The van der Waals surface area contributed by atoms with Crippen LogP contribution >= 0.6 is 11.6 Å². The summed E-state index contributed by atoms with van der Waals surface area (Å²) in [4.78, 5) is 35.5. The maximum Gasteiger partial charge on any atom is 0.387 e. The van der Waals surface area contributed by atoms with Crippen LogP contribution in [0.25, 0.3) is 16.9 Å². The zero-order valence-corrected chi connectivity index (χ0v) is 24.5. The van der Waals surface area contributed by atoms with E-state index in [0.717, 1.165) is 25.6 Å². The topological polar surface area (TPSA) is 110 Å². The van der Waals surface area contributed by atoms with Gasteiger partial charge in [0.05, 0.1) is 11.9 Å². The van der Waals surface area contributed by atoms with Crippen LogP contribution in [-0.2, 0) is 11.3 Å². The van der Waals surface area contributed by atoms with E-state index in [1.54, 1.807) is 18.5 Å². The van der Waals surface area contributed by atoms with Crippen LogP contribution in [0.5, 0.6) is 5.75 Å². The van der Waals surface area contributed by atoms with Crippen molar-refractivity contribution < 1.29 is 23.1 Å². The summed E-state index contributed by atoms with van der Waals surface area (Å²) in [7, 11) is 0. The third-order valence-corrected chi connectivity index (χ3v) is 9.13. The fourth-order valence-electron chi connectivity index (χ4n) is 6.58. The Morgan fingerprint density at radius 1 is 1.14 bits per heavy atom. The van der Waals surface area contributed by atoms with Gasteiger partial charge in [-0.05, 0) is 54.9 Å². The number of carbonyl (C=O) groups is 2. The maximum atomic E-state index is 13.4. The van der Waals surface area contributed by atoms with Crippen molar-refractivity contribution >= 4 is 34.7 Å². The molecule has 0 radical (unpaired) electrons. The van der Waals surface area contributed by atoms with Gasteiger partial charge >= 0.3 is 6.61 Å². The van der Waals surface area contributed by atoms with Crippen LogP contribution in [0.2, 0.25) is 5.02 Å². The Bertz CT molecular complexity index is 1690. The molecule has 0 bridgehead atoms. The van der Waals surface area contributed by atoms with Crippen LogP contribution in [0.4, 0.5) is 14.5 Å². The second-order valence-electron chi connectivity index (χ2n) is 11.8. The molecule has 14 heteroatoms. The van der Waals surface area contributed by atoms with Gasteiger partial charge in [-0.3, -0.25) is 14.3 Å². The Kier molecular flexibility index (Phi) is 7.67. The van der Waals surface area contributed by atoms with E-state index in [1.807, 2.05) is 4.90 Å². The minimum Gasteiger partial charge on any atom is -0.434 e. The number of halogens is 3. The molecule has 2 atom stereocenters. The summed E-state index contributed by atoms with van der Waals surface area (Å²) in [6.07, 6.45) is 10.1. The molecule has 230 valence electrons. The summed E-state index contributed by atoms with van der Waals surface area (Å²) < 4.78 is 34.2. The third kappa shape index (κ3) is 5.73. The summed E-state index contributed by atoms with van der Waals surface area (Å²) in [5.74, 6) is 0.935. The second kappa shape index (κ2) is 11.8. The molecule has 3 aliphatic rings. The molecule has 4 aromatic rings. The average molecular weight is 625 g/mol. The molecule has 2 saturated heterocycles. The first kappa shape index (κ1) is 28.7. The number of rotatable bonds is 9. The molecular weight excluding hydrogens is 594 g/mol. The Labute approximate surface area is 256 Å². The Hall–Kier alpha value is -4.10. The van der Waals surface area contributed by atoms with Crippen molar-refractivity contribution in [2.24, 2.45) is 17.8 Å². The lowest BCUT2D eigenvalue weighted by molar-refractivity contribution is -0.131. The van der Waals surface area contributed by atoms with Crippen LogP contribution in [0.15, 0.2) is 49.1 Å².